The van der Waals surface area contributed by atoms with Crippen LogP contribution in [0.25, 0.3) is 0 Å². The Labute approximate surface area is 98.2 Å². The second kappa shape index (κ2) is 29.2. The third-order valence-electron chi connectivity index (χ3n) is 0.881. The number of Topliss-reactive ketones (excluding diaryl/α,β-unsaturated/α-hetero) is 1. The summed E-state index contributed by atoms with van der Waals surface area (Å²) >= 11 is 0. The van der Waals surface area contributed by atoms with Crippen molar-refractivity contribution >= 4 is 5.78 Å². The molecule has 0 aromatic carbocycles. The molecule has 0 radical (unpaired) electrons. The highest BCUT2D eigenvalue weighted by atomic mass is 16.5. The molecule has 0 fully saturated rings. The smallest absolute Gasteiger partial charge is 0.155 e. The lowest BCUT2D eigenvalue weighted by Gasteiger charge is -2.00. The van der Waals surface area contributed by atoms with Crippen LogP contribution < -0.4 is 0 Å². The maximum absolute atomic E-state index is 10.3. The summed E-state index contributed by atoms with van der Waals surface area (Å²) in [7, 11) is 0. The first-order chi connectivity index (χ1) is 4.77. The van der Waals surface area contributed by atoms with Gasteiger partial charge < -0.3 is 9.47 Å². The van der Waals surface area contributed by atoms with E-state index in [0.717, 1.165) is 0 Å². The summed E-state index contributed by atoms with van der Waals surface area (Å²) in [6.45, 7) is 5.40. The number of hydrogen-bond donors (Lipinski definition) is 0. The number of ketones is 1. The zero-order valence-corrected chi connectivity index (χ0v) is 6.55. The molecule has 0 aliphatic rings. The summed E-state index contributed by atoms with van der Waals surface area (Å²) in [5, 5.41) is 0. The van der Waals surface area contributed by atoms with Crippen molar-refractivity contribution in [2.45, 2.75) is 51.0 Å². The molecule has 0 amide bonds. The maximum Gasteiger partial charge on any atom is 0.155 e. The molecule has 0 rings (SSSR count). The molecular formula is C12H34O3. The number of carbonyl (C=O) groups excluding carboxylic acids is 1. The standard InChI is InChI=1S/C7H14O3.5CH4/c1-3-9-4-5-10-6-7(2)8;;;;;/h3-6H2,1-2H3;5*1H4. The van der Waals surface area contributed by atoms with Crippen molar-refractivity contribution in [2.75, 3.05) is 26.4 Å². The number of carbonyl (C=O) groups is 1. The fraction of sp³-hybridized carbons (Fsp3) is 0.917. The molecule has 0 aromatic rings. The predicted octanol–water partition coefficient (Wildman–Crippen LogP) is 3.81. The average molecular weight is 226 g/mol. The molecule has 0 saturated carbocycles. The van der Waals surface area contributed by atoms with Gasteiger partial charge in [0, 0.05) is 6.61 Å². The summed E-state index contributed by atoms with van der Waals surface area (Å²) in [6.07, 6.45) is 0. The van der Waals surface area contributed by atoms with Gasteiger partial charge in [-0.15, -0.1) is 0 Å². The SMILES string of the molecule is C.C.C.C.C.CCOCCOCC(C)=O. The molecule has 0 heterocycles. The first-order valence-corrected chi connectivity index (χ1v) is 3.42. The van der Waals surface area contributed by atoms with Crippen LogP contribution in [0.15, 0.2) is 0 Å². The molecule has 0 spiro atoms. The molecule has 0 aliphatic heterocycles. The Balaban J connectivity index is -0.0000000405. The van der Waals surface area contributed by atoms with E-state index in [2.05, 4.69) is 0 Å². The van der Waals surface area contributed by atoms with Gasteiger partial charge in [0.05, 0.1) is 13.2 Å². The minimum absolute atomic E-state index is 0. The van der Waals surface area contributed by atoms with Gasteiger partial charge >= 0.3 is 0 Å². The summed E-state index contributed by atoms with van der Waals surface area (Å²) in [6, 6.07) is 0. The summed E-state index contributed by atoms with van der Waals surface area (Å²) < 4.78 is 9.90. The van der Waals surface area contributed by atoms with Gasteiger partial charge in [0.25, 0.3) is 0 Å². The van der Waals surface area contributed by atoms with Crippen LogP contribution in [-0.2, 0) is 14.3 Å². The predicted molar refractivity (Wildman–Crippen MR) is 71.6 cm³/mol. The number of rotatable bonds is 6. The van der Waals surface area contributed by atoms with E-state index in [4.69, 9.17) is 9.47 Å². The molecule has 0 bridgehead atoms. The molecule has 0 N–H and O–H groups in total. The van der Waals surface area contributed by atoms with Gasteiger partial charge in [0.2, 0.25) is 0 Å². The van der Waals surface area contributed by atoms with E-state index in [1.54, 1.807) is 0 Å². The molecule has 0 aromatic heterocycles. The van der Waals surface area contributed by atoms with E-state index in [1.165, 1.54) is 6.92 Å². The zero-order valence-electron chi connectivity index (χ0n) is 6.55. The molecule has 0 saturated heterocycles. The Morgan fingerprint density at radius 3 is 1.67 bits per heavy atom. The van der Waals surface area contributed by atoms with Gasteiger partial charge in [-0.25, -0.2) is 0 Å². The van der Waals surface area contributed by atoms with Gasteiger partial charge in [-0.2, -0.15) is 0 Å². The Kier molecular flexibility index (Phi) is 71.1. The number of hydrogen-bond acceptors (Lipinski definition) is 3. The van der Waals surface area contributed by atoms with Crippen LogP contribution in [0, 0.1) is 0 Å². The van der Waals surface area contributed by atoms with Crippen molar-refractivity contribution in [2.24, 2.45) is 0 Å². The van der Waals surface area contributed by atoms with Crippen molar-refractivity contribution in [1.29, 1.82) is 0 Å². The zero-order chi connectivity index (χ0) is 7.82. The minimum atomic E-state index is 0. The average Bonchev–Trinajstić information content (AvgIpc) is 1.87. The molecular weight excluding hydrogens is 192 g/mol. The van der Waals surface area contributed by atoms with Crippen LogP contribution >= 0.6 is 0 Å². The van der Waals surface area contributed by atoms with Crippen molar-refractivity contribution in [3.05, 3.63) is 0 Å². The normalized spacial score (nSPS) is 6.53. The van der Waals surface area contributed by atoms with Gasteiger partial charge in [0.15, 0.2) is 5.78 Å². The van der Waals surface area contributed by atoms with Crippen molar-refractivity contribution in [1.82, 2.24) is 0 Å². The van der Waals surface area contributed by atoms with Crippen LogP contribution in [-0.4, -0.2) is 32.2 Å². The first-order valence-electron chi connectivity index (χ1n) is 3.42. The van der Waals surface area contributed by atoms with E-state index >= 15 is 0 Å². The second-order valence-corrected chi connectivity index (χ2v) is 1.95. The molecule has 0 aliphatic carbocycles. The van der Waals surface area contributed by atoms with Gasteiger partial charge in [-0.05, 0) is 13.8 Å². The van der Waals surface area contributed by atoms with Crippen molar-refractivity contribution in [3.8, 4) is 0 Å². The fourth-order valence-electron chi connectivity index (χ4n) is 0.478. The van der Waals surface area contributed by atoms with Crippen LogP contribution in [0.3, 0.4) is 0 Å². The van der Waals surface area contributed by atoms with E-state index < -0.39 is 0 Å². The lowest BCUT2D eigenvalue weighted by Crippen LogP contribution is -2.09. The number of ether oxygens (including phenoxy) is 2. The third kappa shape index (κ3) is 42.0. The highest BCUT2D eigenvalue weighted by molar-refractivity contribution is 5.76. The minimum Gasteiger partial charge on any atom is -0.379 e. The van der Waals surface area contributed by atoms with Crippen LogP contribution in [0.2, 0.25) is 0 Å². The third-order valence-corrected chi connectivity index (χ3v) is 0.881. The largest absolute Gasteiger partial charge is 0.379 e. The van der Waals surface area contributed by atoms with Crippen LogP contribution in [0.1, 0.15) is 51.0 Å². The lowest BCUT2D eigenvalue weighted by atomic mass is 10.5. The van der Waals surface area contributed by atoms with Gasteiger partial charge in [0.1, 0.15) is 6.61 Å². The quantitative estimate of drug-likeness (QED) is 0.646. The molecule has 3 nitrogen and oxygen atoms in total. The van der Waals surface area contributed by atoms with Crippen molar-refractivity contribution in [3.63, 3.8) is 0 Å². The summed E-state index contributed by atoms with van der Waals surface area (Å²) in [5.74, 6) is 0.0523. The highest BCUT2D eigenvalue weighted by Crippen LogP contribution is 1.78. The summed E-state index contributed by atoms with van der Waals surface area (Å²) in [5.41, 5.74) is 0. The molecule has 100 valence electrons. The monoisotopic (exact) mass is 226 g/mol. The van der Waals surface area contributed by atoms with Gasteiger partial charge in [-0.3, -0.25) is 4.79 Å². The van der Waals surface area contributed by atoms with Crippen LogP contribution in [0.4, 0.5) is 0 Å². The molecule has 0 atom stereocenters. The molecule has 15 heavy (non-hydrogen) atoms. The fourth-order valence-corrected chi connectivity index (χ4v) is 0.478. The maximum atomic E-state index is 10.3. The topological polar surface area (TPSA) is 35.5 Å². The Hall–Kier alpha value is -0.410. The highest BCUT2D eigenvalue weighted by Gasteiger charge is 1.91. The van der Waals surface area contributed by atoms with E-state index in [0.29, 0.717) is 19.8 Å². The van der Waals surface area contributed by atoms with Crippen molar-refractivity contribution < 1.29 is 14.3 Å². The second-order valence-electron chi connectivity index (χ2n) is 1.95. The molecule has 0 unspecified atom stereocenters. The summed E-state index contributed by atoms with van der Waals surface area (Å²) in [4.78, 5) is 10.3. The van der Waals surface area contributed by atoms with E-state index in [1.807, 2.05) is 6.92 Å². The lowest BCUT2D eigenvalue weighted by molar-refractivity contribution is -0.121. The van der Waals surface area contributed by atoms with Gasteiger partial charge in [-0.1, -0.05) is 37.1 Å². The van der Waals surface area contributed by atoms with E-state index in [9.17, 15) is 4.79 Å². The Morgan fingerprint density at radius 2 is 1.33 bits per heavy atom. The Bertz CT molecular complexity index is 92.9. The Morgan fingerprint density at radius 1 is 0.933 bits per heavy atom. The molecule has 3 heteroatoms. The first kappa shape index (κ1) is 36.5. The van der Waals surface area contributed by atoms with Crippen LogP contribution in [0.5, 0.6) is 0 Å². The van der Waals surface area contributed by atoms with E-state index in [-0.39, 0.29) is 49.5 Å².